The maximum Gasteiger partial charge on any atom is 0.161 e. The maximum atomic E-state index is 6.43. The van der Waals surface area contributed by atoms with E-state index in [1.54, 1.807) is 14.2 Å². The molecule has 0 N–H and O–H groups in total. The lowest BCUT2D eigenvalue weighted by atomic mass is 10.1. The summed E-state index contributed by atoms with van der Waals surface area (Å²) in [6, 6.07) is 36.1. The van der Waals surface area contributed by atoms with Crippen LogP contribution < -0.4 is 14.2 Å². The van der Waals surface area contributed by atoms with Gasteiger partial charge in [-0.05, 0) is 86.7 Å². The molecule has 0 bridgehead atoms. The van der Waals surface area contributed by atoms with E-state index in [1.807, 2.05) is 24.5 Å². The van der Waals surface area contributed by atoms with E-state index in [1.165, 1.54) is 43.7 Å². The summed E-state index contributed by atoms with van der Waals surface area (Å²) in [6.07, 6.45) is 7.78. The van der Waals surface area contributed by atoms with Crippen molar-refractivity contribution < 1.29 is 14.2 Å². The van der Waals surface area contributed by atoms with Gasteiger partial charge in [0.2, 0.25) is 0 Å². The van der Waals surface area contributed by atoms with Gasteiger partial charge in [0.15, 0.2) is 11.5 Å². The number of para-hydroxylation sites is 1. The number of ether oxygens (including phenoxy) is 3. The minimum atomic E-state index is 0. The van der Waals surface area contributed by atoms with Crippen LogP contribution in [0.25, 0.3) is 54.9 Å². The Kier molecular flexibility index (Phi) is 10.3. The molecule has 8 heteroatoms. The van der Waals surface area contributed by atoms with E-state index in [0.29, 0.717) is 18.1 Å². The highest BCUT2D eigenvalue weighted by Crippen LogP contribution is 2.38. The summed E-state index contributed by atoms with van der Waals surface area (Å²) in [5, 5.41) is 4.91. The van der Waals surface area contributed by atoms with Crippen molar-refractivity contribution in [3.8, 4) is 28.5 Å². The lowest BCUT2D eigenvalue weighted by Gasteiger charge is -2.13. The van der Waals surface area contributed by atoms with Gasteiger partial charge >= 0.3 is 0 Å². The number of rotatable bonds is 13. The summed E-state index contributed by atoms with van der Waals surface area (Å²) in [5.41, 5.74) is 9.09. The number of hydrogen-bond donors (Lipinski definition) is 0. The Bertz CT molecular complexity index is 2490. The molecule has 0 unspecified atom stereocenters. The van der Waals surface area contributed by atoms with Crippen LogP contribution in [0.4, 0.5) is 0 Å². The highest BCUT2D eigenvalue weighted by atomic mass is 35.5. The molecule has 0 aliphatic carbocycles. The number of benzene rings is 4. The van der Waals surface area contributed by atoms with Gasteiger partial charge in [-0.1, -0.05) is 48.5 Å². The Morgan fingerprint density at radius 1 is 0.596 bits per heavy atom. The minimum Gasteiger partial charge on any atom is -0.494 e. The van der Waals surface area contributed by atoms with Crippen LogP contribution in [0, 0.1) is 6.92 Å². The normalized spacial score (nSPS) is 11.4. The largest absolute Gasteiger partial charge is 0.494 e. The van der Waals surface area contributed by atoms with E-state index >= 15 is 0 Å². The zero-order chi connectivity index (χ0) is 34.7. The number of nitrogens with zero attached hydrogens (tertiary/aromatic N) is 4. The second-order valence-electron chi connectivity index (χ2n) is 13.1. The number of unbranched alkanes of at least 4 members (excludes halogenated alkanes) is 1. The Morgan fingerprint density at radius 2 is 1.31 bits per heavy atom. The van der Waals surface area contributed by atoms with Crippen LogP contribution in [0.15, 0.2) is 116 Å². The highest BCUT2D eigenvalue weighted by Gasteiger charge is 2.18. The molecule has 7 nitrogen and oxygen atoms in total. The molecule has 264 valence electrons. The fraction of sp³-hybridized carbons (Fsp3) is 0.227. The maximum absolute atomic E-state index is 6.43. The molecule has 0 saturated heterocycles. The van der Waals surface area contributed by atoms with Crippen molar-refractivity contribution in [2.75, 3.05) is 20.8 Å². The second-order valence-corrected chi connectivity index (χ2v) is 13.1. The minimum absolute atomic E-state index is 0. The SMILES string of the molecule is COc1ccc(-c2nccc3c4ccccc4n(CCCCOc4ccc5c6ccnc(C)c6n(CCCc6ccccc6)c5c4)c23)cc1OC.Cl. The Balaban J connectivity index is 0.00000420. The Labute approximate surface area is 310 Å². The van der Waals surface area contributed by atoms with Crippen molar-refractivity contribution in [3.05, 3.63) is 127 Å². The molecule has 52 heavy (non-hydrogen) atoms. The average Bonchev–Trinajstić information content (AvgIpc) is 3.67. The molecule has 0 spiro atoms. The van der Waals surface area contributed by atoms with E-state index < -0.39 is 0 Å². The third-order valence-electron chi connectivity index (χ3n) is 10.00. The Morgan fingerprint density at radius 3 is 2.13 bits per heavy atom. The van der Waals surface area contributed by atoms with Crippen molar-refractivity contribution in [2.45, 2.75) is 45.7 Å². The van der Waals surface area contributed by atoms with Crippen molar-refractivity contribution >= 4 is 56.0 Å². The first-order valence-corrected chi connectivity index (χ1v) is 17.8. The van der Waals surface area contributed by atoms with Crippen LogP contribution in [-0.4, -0.2) is 39.9 Å². The van der Waals surface area contributed by atoms with Gasteiger partial charge in [0.25, 0.3) is 0 Å². The molecule has 0 saturated carbocycles. The lowest BCUT2D eigenvalue weighted by molar-refractivity contribution is 0.304. The summed E-state index contributed by atoms with van der Waals surface area (Å²) < 4.78 is 22.4. The van der Waals surface area contributed by atoms with Crippen molar-refractivity contribution in [2.24, 2.45) is 0 Å². The number of fused-ring (bicyclic) bond motifs is 6. The van der Waals surface area contributed by atoms with E-state index in [-0.39, 0.29) is 12.4 Å². The molecule has 8 rings (SSSR count). The molecule has 0 aliphatic heterocycles. The quantitative estimate of drug-likeness (QED) is 0.111. The predicted octanol–water partition coefficient (Wildman–Crippen LogP) is 10.6. The topological polar surface area (TPSA) is 63.3 Å². The molecule has 8 aromatic rings. The first-order chi connectivity index (χ1) is 25.1. The van der Waals surface area contributed by atoms with Crippen molar-refractivity contribution in [1.29, 1.82) is 0 Å². The van der Waals surface area contributed by atoms with E-state index in [2.05, 4.69) is 112 Å². The van der Waals surface area contributed by atoms with Gasteiger partial charge in [0.1, 0.15) is 5.75 Å². The Hall–Kier alpha value is -5.53. The van der Waals surface area contributed by atoms with Crippen LogP contribution in [0.1, 0.15) is 30.5 Å². The summed E-state index contributed by atoms with van der Waals surface area (Å²) >= 11 is 0. The van der Waals surface area contributed by atoms with Crippen LogP contribution in [0.2, 0.25) is 0 Å². The zero-order valence-electron chi connectivity index (χ0n) is 29.8. The summed E-state index contributed by atoms with van der Waals surface area (Å²) in [7, 11) is 3.32. The summed E-state index contributed by atoms with van der Waals surface area (Å²) in [5.74, 6) is 2.29. The van der Waals surface area contributed by atoms with Crippen molar-refractivity contribution in [1.82, 2.24) is 19.1 Å². The molecule has 4 aromatic carbocycles. The molecule has 4 heterocycles. The standard InChI is InChI=1S/C44H42N4O3.ClH/c1-30-43-36(21-23-45-30)35-19-18-33(29-39(35)48(43)26-11-14-31-12-5-4-6-13-31)51-27-10-9-25-47-38-16-8-7-15-34(38)37-22-24-46-42(44(37)47)32-17-20-40(49-2)41(28-32)50-3;/h4-8,12-13,15-24,28-29H,9-11,14,25-27H2,1-3H3;1H. The van der Waals surface area contributed by atoms with E-state index in [4.69, 9.17) is 19.2 Å². The highest BCUT2D eigenvalue weighted by molar-refractivity contribution is 6.12. The number of halogens is 1. The number of methoxy groups -OCH3 is 2. The fourth-order valence-corrected chi connectivity index (χ4v) is 7.60. The van der Waals surface area contributed by atoms with Gasteiger partial charge in [-0.25, -0.2) is 0 Å². The van der Waals surface area contributed by atoms with Crippen molar-refractivity contribution in [3.63, 3.8) is 0 Å². The summed E-state index contributed by atoms with van der Waals surface area (Å²) in [6.45, 7) is 4.51. The predicted molar refractivity (Wildman–Crippen MR) is 214 cm³/mol. The zero-order valence-corrected chi connectivity index (χ0v) is 30.7. The van der Waals surface area contributed by atoms with Gasteiger partial charge in [0, 0.05) is 64.2 Å². The molecular formula is C44H43ClN4O3. The third-order valence-corrected chi connectivity index (χ3v) is 10.00. The van der Waals surface area contributed by atoms with Gasteiger partial charge in [-0.15, -0.1) is 12.4 Å². The van der Waals surface area contributed by atoms with Gasteiger partial charge in [-0.2, -0.15) is 0 Å². The molecule has 0 aliphatic rings. The van der Waals surface area contributed by atoms with Crippen LogP contribution in [0.5, 0.6) is 17.2 Å². The third kappa shape index (κ3) is 6.53. The number of aryl methyl sites for hydroxylation is 4. The molecule has 4 aromatic heterocycles. The lowest BCUT2D eigenvalue weighted by Crippen LogP contribution is -2.04. The smallest absolute Gasteiger partial charge is 0.161 e. The van der Waals surface area contributed by atoms with Gasteiger partial charge in [0.05, 0.1) is 48.8 Å². The second kappa shape index (κ2) is 15.4. The number of pyridine rings is 2. The summed E-state index contributed by atoms with van der Waals surface area (Å²) in [4.78, 5) is 9.54. The monoisotopic (exact) mass is 710 g/mol. The number of aromatic nitrogens is 4. The molecule has 0 radical (unpaired) electrons. The van der Waals surface area contributed by atoms with Crippen LogP contribution in [0.3, 0.4) is 0 Å². The molecule has 0 atom stereocenters. The first-order valence-electron chi connectivity index (χ1n) is 17.8. The number of hydrogen-bond acceptors (Lipinski definition) is 5. The van der Waals surface area contributed by atoms with Gasteiger partial charge in [-0.3, -0.25) is 9.97 Å². The first kappa shape index (κ1) is 34.9. The van der Waals surface area contributed by atoms with Gasteiger partial charge < -0.3 is 23.3 Å². The molecule has 0 fully saturated rings. The van der Waals surface area contributed by atoms with Crippen LogP contribution in [-0.2, 0) is 19.5 Å². The molecular weight excluding hydrogens is 668 g/mol. The van der Waals surface area contributed by atoms with E-state index in [0.717, 1.165) is 67.0 Å². The van der Waals surface area contributed by atoms with E-state index in [9.17, 15) is 0 Å². The average molecular weight is 711 g/mol. The fourth-order valence-electron chi connectivity index (χ4n) is 7.60. The van der Waals surface area contributed by atoms with Crippen LogP contribution >= 0.6 is 12.4 Å². The molecule has 0 amide bonds.